The van der Waals surface area contributed by atoms with E-state index in [1.165, 1.54) is 7.11 Å². The molecule has 0 aromatic carbocycles. The van der Waals surface area contributed by atoms with E-state index in [2.05, 4.69) is 0 Å². The quantitative estimate of drug-likeness (QED) is 0.381. The molecule has 2 aliphatic rings. The Balaban J connectivity index is 2.08. The smallest absolute Gasteiger partial charge is 0.186 e. The summed E-state index contributed by atoms with van der Waals surface area (Å²) in [6, 6.07) is 0. The zero-order chi connectivity index (χ0) is 17.4. The Morgan fingerprint density at radius 1 is 1.22 bits per heavy atom. The van der Waals surface area contributed by atoms with Crippen molar-refractivity contribution in [2.75, 3.05) is 13.7 Å². The fraction of sp³-hybridized carbons (Fsp3) is 1.00. The molecule has 2 rings (SSSR count). The minimum Gasteiger partial charge on any atom is -0.394 e. The lowest BCUT2D eigenvalue weighted by atomic mass is 9.86. The molecule has 6 N–H and O–H groups in total. The van der Waals surface area contributed by atoms with Gasteiger partial charge in [-0.3, -0.25) is 0 Å². The average Bonchev–Trinajstić information content (AvgIpc) is 2.49. The Kier molecular flexibility index (Phi) is 5.99. The van der Waals surface area contributed by atoms with Gasteiger partial charge in [0.2, 0.25) is 0 Å². The zero-order valence-electron chi connectivity index (χ0n) is 13.5. The lowest BCUT2D eigenvalue weighted by molar-refractivity contribution is -0.343. The van der Waals surface area contributed by atoms with Gasteiger partial charge in [0.25, 0.3) is 0 Å². The van der Waals surface area contributed by atoms with Crippen LogP contribution in [0.1, 0.15) is 20.3 Å². The Morgan fingerprint density at radius 2 is 1.87 bits per heavy atom. The topological polar surface area (TPSA) is 144 Å². The van der Waals surface area contributed by atoms with Gasteiger partial charge in [0, 0.05) is 19.1 Å². The molecule has 0 radical (unpaired) electrons. The van der Waals surface area contributed by atoms with Gasteiger partial charge >= 0.3 is 0 Å². The summed E-state index contributed by atoms with van der Waals surface area (Å²) in [6.45, 7) is 2.89. The number of aliphatic hydroxyl groups excluding tert-OH is 4. The van der Waals surface area contributed by atoms with Crippen molar-refractivity contribution >= 4 is 0 Å². The van der Waals surface area contributed by atoms with Crippen LogP contribution >= 0.6 is 0 Å². The molecule has 0 unspecified atom stereocenters. The lowest BCUT2D eigenvalue weighted by Gasteiger charge is -2.46. The highest BCUT2D eigenvalue weighted by atomic mass is 16.7. The molecule has 23 heavy (non-hydrogen) atoms. The molecular weight excluding hydrogens is 310 g/mol. The summed E-state index contributed by atoms with van der Waals surface area (Å²) in [7, 11) is 1.36. The fourth-order valence-electron chi connectivity index (χ4n) is 3.02. The molecule has 0 amide bonds. The maximum Gasteiger partial charge on any atom is 0.186 e. The van der Waals surface area contributed by atoms with Gasteiger partial charge in [-0.1, -0.05) is 0 Å². The van der Waals surface area contributed by atoms with E-state index in [4.69, 9.17) is 24.7 Å². The van der Waals surface area contributed by atoms with Gasteiger partial charge in [-0.05, 0) is 13.8 Å². The Hall–Kier alpha value is -0.360. The summed E-state index contributed by atoms with van der Waals surface area (Å²) in [5.41, 5.74) is 5.14. The molecule has 0 saturated carbocycles. The van der Waals surface area contributed by atoms with Crippen molar-refractivity contribution in [1.82, 2.24) is 0 Å². The van der Waals surface area contributed by atoms with E-state index < -0.39 is 61.3 Å². The van der Waals surface area contributed by atoms with E-state index in [9.17, 15) is 20.4 Å². The second kappa shape index (κ2) is 7.26. The third kappa shape index (κ3) is 3.84. The zero-order valence-corrected chi connectivity index (χ0v) is 13.5. The first-order valence-electron chi connectivity index (χ1n) is 7.64. The summed E-state index contributed by atoms with van der Waals surface area (Å²) in [4.78, 5) is 0. The molecule has 0 aromatic heterocycles. The molecule has 0 aliphatic carbocycles. The minimum absolute atomic E-state index is 0.192. The van der Waals surface area contributed by atoms with E-state index in [0.29, 0.717) is 0 Å². The predicted molar refractivity (Wildman–Crippen MR) is 77.2 cm³/mol. The first-order chi connectivity index (χ1) is 10.7. The van der Waals surface area contributed by atoms with Crippen LogP contribution in [-0.2, 0) is 18.9 Å². The van der Waals surface area contributed by atoms with Crippen LogP contribution in [0.3, 0.4) is 0 Å². The normalized spacial score (nSPS) is 51.7. The van der Waals surface area contributed by atoms with Crippen LogP contribution in [0.4, 0.5) is 0 Å². The van der Waals surface area contributed by atoms with Crippen molar-refractivity contribution in [2.24, 2.45) is 5.73 Å². The Morgan fingerprint density at radius 3 is 2.39 bits per heavy atom. The molecule has 0 bridgehead atoms. The highest BCUT2D eigenvalue weighted by molar-refractivity contribution is 4.96. The molecule has 2 heterocycles. The number of nitrogens with two attached hydrogens (primary N) is 1. The SMILES string of the molecule is CO[C@@H]1O[C@H](CO)[C@@H](O)[C@H](O)[C@@H]1O[C@H]1C[C@](C)(N)[C@@H](O)[C@@H](C)O1. The second-order valence-corrected chi connectivity index (χ2v) is 6.47. The molecule has 9 heteroatoms. The second-order valence-electron chi connectivity index (χ2n) is 6.47. The lowest BCUT2D eigenvalue weighted by Crippen LogP contribution is -2.64. The first kappa shape index (κ1) is 19.0. The molecular formula is C14H27NO8. The standard InChI is InChI=1S/C14H27NO8/c1-6-12(19)14(2,15)4-8(21-6)23-11-10(18)9(17)7(5-16)22-13(11)20-3/h6-13,16-19H,4-5,15H2,1-3H3/t6-,7-,8+,9-,10+,11+,12+,13-,14+/m1/s1. The predicted octanol–water partition coefficient (Wildman–Crippen LogP) is -2.33. The van der Waals surface area contributed by atoms with Crippen molar-refractivity contribution in [3.8, 4) is 0 Å². The molecule has 9 nitrogen and oxygen atoms in total. The molecule has 2 fully saturated rings. The highest BCUT2D eigenvalue weighted by Gasteiger charge is 2.49. The number of aliphatic hydroxyl groups is 4. The van der Waals surface area contributed by atoms with Crippen molar-refractivity contribution in [1.29, 1.82) is 0 Å². The van der Waals surface area contributed by atoms with Gasteiger partial charge in [-0.25, -0.2) is 0 Å². The average molecular weight is 337 g/mol. The van der Waals surface area contributed by atoms with Gasteiger partial charge < -0.3 is 45.1 Å². The third-order valence-corrected chi connectivity index (χ3v) is 4.46. The minimum atomic E-state index is -1.33. The van der Waals surface area contributed by atoms with E-state index in [-0.39, 0.29) is 6.42 Å². The van der Waals surface area contributed by atoms with Gasteiger partial charge in [0.05, 0.1) is 18.8 Å². The van der Waals surface area contributed by atoms with Gasteiger partial charge in [0.15, 0.2) is 12.6 Å². The molecule has 2 saturated heterocycles. The maximum atomic E-state index is 10.2. The van der Waals surface area contributed by atoms with Crippen LogP contribution in [-0.4, -0.2) is 88.9 Å². The number of hydrogen-bond donors (Lipinski definition) is 5. The maximum absolute atomic E-state index is 10.2. The molecule has 0 aromatic rings. The molecule has 136 valence electrons. The van der Waals surface area contributed by atoms with E-state index in [1.807, 2.05) is 0 Å². The number of ether oxygens (including phenoxy) is 4. The van der Waals surface area contributed by atoms with E-state index in [0.717, 1.165) is 0 Å². The van der Waals surface area contributed by atoms with Crippen molar-refractivity contribution in [3.05, 3.63) is 0 Å². The molecule has 9 atom stereocenters. The van der Waals surface area contributed by atoms with Gasteiger partial charge in [-0.2, -0.15) is 0 Å². The molecule has 0 spiro atoms. The van der Waals surface area contributed by atoms with Crippen molar-refractivity contribution in [2.45, 2.75) is 75.0 Å². The number of hydrogen-bond acceptors (Lipinski definition) is 9. The Labute approximate surface area is 134 Å². The summed E-state index contributed by atoms with van der Waals surface area (Å²) >= 11 is 0. The first-order valence-corrected chi connectivity index (χ1v) is 7.64. The van der Waals surface area contributed by atoms with Gasteiger partial charge in [0.1, 0.15) is 24.4 Å². The summed E-state index contributed by atoms with van der Waals surface area (Å²) in [5, 5.41) is 39.4. The van der Waals surface area contributed by atoms with Crippen molar-refractivity contribution in [3.63, 3.8) is 0 Å². The monoisotopic (exact) mass is 337 g/mol. The Bertz CT molecular complexity index is 393. The fourth-order valence-corrected chi connectivity index (χ4v) is 3.02. The summed E-state index contributed by atoms with van der Waals surface area (Å²) in [5.74, 6) is 0. The summed E-state index contributed by atoms with van der Waals surface area (Å²) in [6.07, 6.45) is -7.66. The largest absolute Gasteiger partial charge is 0.394 e. The van der Waals surface area contributed by atoms with Crippen LogP contribution < -0.4 is 5.73 Å². The van der Waals surface area contributed by atoms with E-state index >= 15 is 0 Å². The van der Waals surface area contributed by atoms with E-state index in [1.54, 1.807) is 13.8 Å². The third-order valence-electron chi connectivity index (χ3n) is 4.46. The molecule has 2 aliphatic heterocycles. The van der Waals surface area contributed by atoms with Crippen LogP contribution in [0.25, 0.3) is 0 Å². The van der Waals surface area contributed by atoms with Crippen LogP contribution in [0.5, 0.6) is 0 Å². The number of methoxy groups -OCH3 is 1. The van der Waals surface area contributed by atoms with Crippen molar-refractivity contribution < 1.29 is 39.4 Å². The van der Waals surface area contributed by atoms with Crippen LogP contribution in [0.15, 0.2) is 0 Å². The van der Waals surface area contributed by atoms with Crippen LogP contribution in [0, 0.1) is 0 Å². The highest BCUT2D eigenvalue weighted by Crippen LogP contribution is 2.31. The van der Waals surface area contributed by atoms with Crippen LogP contribution in [0.2, 0.25) is 0 Å². The number of rotatable bonds is 4. The van der Waals surface area contributed by atoms with Gasteiger partial charge in [-0.15, -0.1) is 0 Å². The summed E-state index contributed by atoms with van der Waals surface area (Å²) < 4.78 is 21.8.